The molecule has 0 aromatic carbocycles. The lowest BCUT2D eigenvalue weighted by Gasteiger charge is -2.27. The van der Waals surface area contributed by atoms with E-state index in [1.54, 1.807) is 0 Å². The van der Waals surface area contributed by atoms with Gasteiger partial charge in [-0.25, -0.2) is 0 Å². The summed E-state index contributed by atoms with van der Waals surface area (Å²) in [6.07, 6.45) is 32.6. The Balaban J connectivity index is 3.77. The predicted octanol–water partition coefficient (Wildman–Crippen LogP) is 9.29. The maximum absolute atomic E-state index is 12.4. The molecule has 1 amide bonds. The molecule has 0 fully saturated rings. The monoisotopic (exact) mass is 628 g/mol. The largest absolute Gasteiger partial charge is 0.394 e. The minimum atomic E-state index is -1.25. The van der Waals surface area contributed by atoms with E-state index in [-0.39, 0.29) is 0 Å². The lowest BCUT2D eigenvalue weighted by atomic mass is 9.99. The van der Waals surface area contributed by atoms with E-state index in [1.165, 1.54) is 141 Å². The number of hydrogen-bond acceptors (Lipinski definition) is 5. The molecule has 0 aromatic rings. The molecule has 0 saturated heterocycles. The summed E-state index contributed by atoms with van der Waals surface area (Å²) in [6.45, 7) is 4.04. The molecule has 44 heavy (non-hydrogen) atoms. The molecule has 0 aromatic heterocycles. The van der Waals surface area contributed by atoms with Crippen LogP contribution in [0.25, 0.3) is 0 Å². The standard InChI is InChI=1S/C38H77NO5/c1-3-5-7-9-11-13-15-17-19-21-23-25-27-29-31-35(41)37(43)34(33-40)39-38(44)36(42)32-30-28-26-24-22-20-18-16-14-12-10-8-6-4-2/h34-37,40-43H,3-33H2,1-2H3,(H,39,44)/t34-,35+,36?,37-/m0/s1. The SMILES string of the molecule is CCCCCCCCCCCCCCCCC(O)C(=O)N[C@@H](CO)[C@H](O)[C@H](O)CCCCCCCCCCCCCCCC. The van der Waals surface area contributed by atoms with E-state index in [2.05, 4.69) is 19.2 Å². The first-order chi connectivity index (χ1) is 21.5. The van der Waals surface area contributed by atoms with Gasteiger partial charge in [-0.05, 0) is 12.8 Å². The fraction of sp³-hybridized carbons (Fsp3) is 0.974. The molecule has 0 aliphatic heterocycles. The summed E-state index contributed by atoms with van der Waals surface area (Å²) in [5.74, 6) is -0.582. The van der Waals surface area contributed by atoms with Crippen LogP contribution < -0.4 is 5.32 Å². The van der Waals surface area contributed by atoms with Crippen LogP contribution in [0.5, 0.6) is 0 Å². The number of carbonyl (C=O) groups excluding carboxylic acids is 1. The molecule has 0 saturated carbocycles. The molecule has 6 heteroatoms. The van der Waals surface area contributed by atoms with Crippen molar-refractivity contribution in [3.05, 3.63) is 0 Å². The summed E-state index contributed by atoms with van der Waals surface area (Å²) in [6, 6.07) is -0.977. The van der Waals surface area contributed by atoms with Gasteiger partial charge in [0.2, 0.25) is 5.91 Å². The molecule has 0 heterocycles. The average Bonchev–Trinajstić information content (AvgIpc) is 3.03. The van der Waals surface area contributed by atoms with Crippen molar-refractivity contribution < 1.29 is 25.2 Å². The Morgan fingerprint density at radius 1 is 0.477 bits per heavy atom. The average molecular weight is 628 g/mol. The van der Waals surface area contributed by atoms with Crippen LogP contribution >= 0.6 is 0 Å². The van der Waals surface area contributed by atoms with E-state index in [0.29, 0.717) is 12.8 Å². The van der Waals surface area contributed by atoms with Crippen molar-refractivity contribution in [2.45, 2.75) is 231 Å². The first-order valence-corrected chi connectivity index (χ1v) is 19.4. The predicted molar refractivity (Wildman–Crippen MR) is 187 cm³/mol. The normalized spacial score (nSPS) is 14.4. The van der Waals surface area contributed by atoms with Crippen molar-refractivity contribution in [1.29, 1.82) is 0 Å². The summed E-state index contributed by atoms with van der Waals surface area (Å²) >= 11 is 0. The summed E-state index contributed by atoms with van der Waals surface area (Å²) < 4.78 is 0. The molecule has 0 rings (SSSR count). The molecule has 264 valence electrons. The number of aliphatic hydroxyl groups is 4. The Morgan fingerprint density at radius 2 is 0.773 bits per heavy atom. The van der Waals surface area contributed by atoms with Crippen LogP contribution in [-0.4, -0.2) is 57.3 Å². The minimum Gasteiger partial charge on any atom is -0.394 e. The molecule has 5 N–H and O–H groups in total. The highest BCUT2D eigenvalue weighted by Gasteiger charge is 2.28. The van der Waals surface area contributed by atoms with E-state index in [9.17, 15) is 25.2 Å². The van der Waals surface area contributed by atoms with Crippen LogP contribution in [0, 0.1) is 0 Å². The fourth-order valence-corrected chi connectivity index (χ4v) is 6.17. The van der Waals surface area contributed by atoms with Crippen LogP contribution in [-0.2, 0) is 4.79 Å². The molecule has 0 bridgehead atoms. The maximum Gasteiger partial charge on any atom is 0.249 e. The van der Waals surface area contributed by atoms with Crippen molar-refractivity contribution in [2.75, 3.05) is 6.61 Å². The third kappa shape index (κ3) is 27.6. The van der Waals surface area contributed by atoms with Gasteiger partial charge in [-0.15, -0.1) is 0 Å². The lowest BCUT2D eigenvalue weighted by Crippen LogP contribution is -2.53. The van der Waals surface area contributed by atoms with Gasteiger partial charge < -0.3 is 25.7 Å². The Bertz CT molecular complexity index is 590. The van der Waals surface area contributed by atoms with Crippen molar-refractivity contribution in [3.63, 3.8) is 0 Å². The van der Waals surface area contributed by atoms with Crippen LogP contribution in [0.3, 0.4) is 0 Å². The van der Waals surface area contributed by atoms with Gasteiger partial charge in [-0.1, -0.05) is 194 Å². The van der Waals surface area contributed by atoms with E-state index in [4.69, 9.17) is 0 Å². The van der Waals surface area contributed by atoms with Crippen LogP contribution in [0.4, 0.5) is 0 Å². The van der Waals surface area contributed by atoms with Crippen LogP contribution in [0.15, 0.2) is 0 Å². The maximum atomic E-state index is 12.4. The van der Waals surface area contributed by atoms with Crippen molar-refractivity contribution in [3.8, 4) is 0 Å². The Hall–Kier alpha value is -0.690. The Kier molecular flexibility index (Phi) is 33.1. The molecule has 0 radical (unpaired) electrons. The van der Waals surface area contributed by atoms with Gasteiger partial charge in [-0.2, -0.15) is 0 Å². The van der Waals surface area contributed by atoms with Crippen molar-refractivity contribution in [1.82, 2.24) is 5.32 Å². The molecule has 6 nitrogen and oxygen atoms in total. The molecule has 0 aliphatic carbocycles. The van der Waals surface area contributed by atoms with Crippen LogP contribution in [0.2, 0.25) is 0 Å². The third-order valence-electron chi connectivity index (χ3n) is 9.32. The number of rotatable bonds is 35. The van der Waals surface area contributed by atoms with Gasteiger partial charge >= 0.3 is 0 Å². The molecule has 0 spiro atoms. The van der Waals surface area contributed by atoms with Gasteiger partial charge in [-0.3, -0.25) is 4.79 Å². The van der Waals surface area contributed by atoms with Gasteiger partial charge in [0.05, 0.1) is 18.8 Å². The number of hydrogen-bond donors (Lipinski definition) is 5. The number of nitrogens with one attached hydrogen (secondary N) is 1. The fourth-order valence-electron chi connectivity index (χ4n) is 6.17. The lowest BCUT2D eigenvalue weighted by molar-refractivity contribution is -0.132. The molecular weight excluding hydrogens is 550 g/mol. The molecule has 1 unspecified atom stereocenters. The smallest absolute Gasteiger partial charge is 0.249 e. The Morgan fingerprint density at radius 3 is 1.09 bits per heavy atom. The van der Waals surface area contributed by atoms with E-state index >= 15 is 0 Å². The van der Waals surface area contributed by atoms with E-state index < -0.39 is 36.9 Å². The van der Waals surface area contributed by atoms with Gasteiger partial charge in [0.25, 0.3) is 0 Å². The number of amides is 1. The zero-order valence-corrected chi connectivity index (χ0v) is 29.4. The first kappa shape index (κ1) is 43.3. The first-order valence-electron chi connectivity index (χ1n) is 19.4. The highest BCUT2D eigenvalue weighted by Crippen LogP contribution is 2.16. The highest BCUT2D eigenvalue weighted by atomic mass is 16.3. The number of carbonyl (C=O) groups is 1. The molecular formula is C38H77NO5. The second kappa shape index (κ2) is 33.7. The number of aliphatic hydroxyl groups excluding tert-OH is 4. The number of unbranched alkanes of at least 4 members (excludes halogenated alkanes) is 26. The summed E-state index contributed by atoms with van der Waals surface area (Å²) in [4.78, 5) is 12.4. The van der Waals surface area contributed by atoms with E-state index in [1.807, 2.05) is 0 Å². The third-order valence-corrected chi connectivity index (χ3v) is 9.32. The second-order valence-corrected chi connectivity index (χ2v) is 13.6. The van der Waals surface area contributed by atoms with Gasteiger partial charge in [0.1, 0.15) is 12.2 Å². The second-order valence-electron chi connectivity index (χ2n) is 13.6. The van der Waals surface area contributed by atoms with Gasteiger partial charge in [0, 0.05) is 0 Å². The minimum absolute atomic E-state index is 0.375. The zero-order valence-electron chi connectivity index (χ0n) is 29.4. The Labute approximate surface area is 273 Å². The van der Waals surface area contributed by atoms with Crippen molar-refractivity contribution in [2.24, 2.45) is 0 Å². The topological polar surface area (TPSA) is 110 Å². The quantitative estimate of drug-likeness (QED) is 0.0450. The van der Waals surface area contributed by atoms with Crippen molar-refractivity contribution >= 4 is 5.91 Å². The van der Waals surface area contributed by atoms with E-state index in [0.717, 1.165) is 38.5 Å². The summed E-state index contributed by atoms with van der Waals surface area (Å²) in [5, 5.41) is 43.5. The zero-order chi connectivity index (χ0) is 32.5. The highest BCUT2D eigenvalue weighted by molar-refractivity contribution is 5.80. The van der Waals surface area contributed by atoms with Gasteiger partial charge in [0.15, 0.2) is 0 Å². The summed E-state index contributed by atoms with van der Waals surface area (Å²) in [5.41, 5.74) is 0. The summed E-state index contributed by atoms with van der Waals surface area (Å²) in [7, 11) is 0. The molecule has 4 atom stereocenters. The van der Waals surface area contributed by atoms with Crippen LogP contribution in [0.1, 0.15) is 206 Å². The molecule has 0 aliphatic rings.